The van der Waals surface area contributed by atoms with E-state index >= 15 is 0 Å². The van der Waals surface area contributed by atoms with Crippen molar-refractivity contribution in [3.05, 3.63) is 33.8 Å². The second-order valence-corrected chi connectivity index (χ2v) is 3.71. The fourth-order valence-electron chi connectivity index (χ4n) is 1.15. The van der Waals surface area contributed by atoms with E-state index in [0.717, 1.165) is 15.6 Å². The normalized spacial score (nSPS) is 12.9. The molecule has 0 fully saturated rings. The summed E-state index contributed by atoms with van der Waals surface area (Å²) in [5.41, 5.74) is 7.19. The zero-order chi connectivity index (χ0) is 9.84. The van der Waals surface area contributed by atoms with Crippen LogP contribution in [0.4, 0.5) is 0 Å². The molecule has 0 saturated heterocycles. The predicted octanol–water partition coefficient (Wildman–Crippen LogP) is 0.933. The smallest absolute Gasteiger partial charge is 0.0685 e. The van der Waals surface area contributed by atoms with Crippen LogP contribution < -0.4 is 5.73 Å². The Labute approximate surface area is 85.3 Å². The molecule has 0 amide bonds. The molecule has 13 heavy (non-hydrogen) atoms. The molecular weight excluding hydrogens is 234 g/mol. The number of rotatable bonds is 3. The highest BCUT2D eigenvalue weighted by atomic mass is 79.9. The number of aliphatic hydroxyl groups excluding tert-OH is 2. The summed E-state index contributed by atoms with van der Waals surface area (Å²) in [7, 11) is 0. The third-order valence-electron chi connectivity index (χ3n) is 1.87. The summed E-state index contributed by atoms with van der Waals surface area (Å²) in [5, 5.41) is 17.9. The van der Waals surface area contributed by atoms with Gasteiger partial charge in [0, 0.05) is 4.47 Å². The first-order valence-corrected chi connectivity index (χ1v) is 4.74. The second-order valence-electron chi connectivity index (χ2n) is 2.79. The van der Waals surface area contributed by atoms with Crippen LogP contribution in [0.25, 0.3) is 0 Å². The van der Waals surface area contributed by atoms with E-state index in [1.54, 1.807) is 6.07 Å². The molecule has 72 valence electrons. The topological polar surface area (TPSA) is 66.5 Å². The highest BCUT2D eigenvalue weighted by molar-refractivity contribution is 9.10. The predicted molar refractivity (Wildman–Crippen MR) is 54.1 cm³/mol. The van der Waals surface area contributed by atoms with Gasteiger partial charge in [-0.2, -0.15) is 0 Å². The minimum Gasteiger partial charge on any atom is -0.394 e. The van der Waals surface area contributed by atoms with E-state index in [1.807, 2.05) is 12.1 Å². The minimum absolute atomic E-state index is 0.0592. The van der Waals surface area contributed by atoms with Crippen LogP contribution in [0.1, 0.15) is 17.2 Å². The third-order valence-corrected chi connectivity index (χ3v) is 2.37. The monoisotopic (exact) mass is 245 g/mol. The molecule has 1 aromatic rings. The molecule has 0 heterocycles. The minimum atomic E-state index is -0.431. The van der Waals surface area contributed by atoms with Crippen molar-refractivity contribution in [3.63, 3.8) is 0 Å². The van der Waals surface area contributed by atoms with Gasteiger partial charge in [-0.3, -0.25) is 0 Å². The van der Waals surface area contributed by atoms with E-state index < -0.39 is 6.04 Å². The van der Waals surface area contributed by atoms with Crippen molar-refractivity contribution in [2.75, 3.05) is 6.61 Å². The van der Waals surface area contributed by atoms with Gasteiger partial charge in [-0.05, 0) is 23.3 Å². The maximum atomic E-state index is 9.00. The zero-order valence-corrected chi connectivity index (χ0v) is 8.66. The lowest BCUT2D eigenvalue weighted by atomic mass is 10.0. The molecule has 0 aromatic heterocycles. The second kappa shape index (κ2) is 4.72. The molecule has 0 aliphatic carbocycles. The van der Waals surface area contributed by atoms with Crippen molar-refractivity contribution in [2.24, 2.45) is 5.73 Å². The number of halogens is 1. The Hall–Kier alpha value is -0.420. The maximum Gasteiger partial charge on any atom is 0.0685 e. The SMILES string of the molecule is N[C@@H](CO)c1cc(Br)ccc1CO. The Balaban J connectivity index is 3.07. The molecule has 0 radical (unpaired) electrons. The van der Waals surface area contributed by atoms with Gasteiger partial charge in [-0.1, -0.05) is 22.0 Å². The van der Waals surface area contributed by atoms with Crippen molar-refractivity contribution >= 4 is 15.9 Å². The Morgan fingerprint density at radius 2 is 2.08 bits per heavy atom. The summed E-state index contributed by atoms with van der Waals surface area (Å²) in [4.78, 5) is 0. The van der Waals surface area contributed by atoms with Crippen molar-refractivity contribution < 1.29 is 10.2 Å². The molecule has 1 aromatic carbocycles. The highest BCUT2D eigenvalue weighted by Crippen LogP contribution is 2.21. The van der Waals surface area contributed by atoms with Crippen LogP contribution in [0.2, 0.25) is 0 Å². The van der Waals surface area contributed by atoms with Gasteiger partial charge < -0.3 is 15.9 Å². The van der Waals surface area contributed by atoms with Crippen LogP contribution >= 0.6 is 15.9 Å². The number of aliphatic hydroxyl groups is 2. The Morgan fingerprint density at radius 1 is 1.38 bits per heavy atom. The van der Waals surface area contributed by atoms with E-state index in [9.17, 15) is 0 Å². The first-order valence-electron chi connectivity index (χ1n) is 3.94. The van der Waals surface area contributed by atoms with E-state index in [2.05, 4.69) is 15.9 Å². The molecule has 1 rings (SSSR count). The average molecular weight is 246 g/mol. The molecule has 0 unspecified atom stereocenters. The third kappa shape index (κ3) is 2.51. The molecular formula is C9H12BrNO2. The highest BCUT2D eigenvalue weighted by Gasteiger charge is 2.09. The van der Waals surface area contributed by atoms with Gasteiger partial charge in [0.1, 0.15) is 0 Å². The van der Waals surface area contributed by atoms with Gasteiger partial charge in [0.2, 0.25) is 0 Å². The number of benzene rings is 1. The fraction of sp³-hybridized carbons (Fsp3) is 0.333. The lowest BCUT2D eigenvalue weighted by Crippen LogP contribution is -2.16. The van der Waals surface area contributed by atoms with Gasteiger partial charge in [0.05, 0.1) is 19.3 Å². The van der Waals surface area contributed by atoms with Crippen LogP contribution in [-0.2, 0) is 6.61 Å². The number of hydrogen-bond donors (Lipinski definition) is 3. The van der Waals surface area contributed by atoms with Gasteiger partial charge >= 0.3 is 0 Å². The Kier molecular flexibility index (Phi) is 3.87. The van der Waals surface area contributed by atoms with E-state index in [1.165, 1.54) is 0 Å². The lowest BCUT2D eigenvalue weighted by Gasteiger charge is -2.13. The zero-order valence-electron chi connectivity index (χ0n) is 7.07. The van der Waals surface area contributed by atoms with Crippen molar-refractivity contribution in [1.29, 1.82) is 0 Å². The summed E-state index contributed by atoms with van der Waals surface area (Å²) in [6, 6.07) is 5.00. The molecule has 0 spiro atoms. The molecule has 0 bridgehead atoms. The first-order chi connectivity index (χ1) is 6.19. The molecule has 0 aliphatic heterocycles. The standard InChI is InChI=1S/C9H12BrNO2/c10-7-2-1-6(4-12)8(3-7)9(11)5-13/h1-3,9,12-13H,4-5,11H2/t9-/m0/s1. The van der Waals surface area contributed by atoms with E-state index in [-0.39, 0.29) is 13.2 Å². The van der Waals surface area contributed by atoms with Gasteiger partial charge in [-0.25, -0.2) is 0 Å². The van der Waals surface area contributed by atoms with Crippen molar-refractivity contribution in [3.8, 4) is 0 Å². The molecule has 1 atom stereocenters. The molecule has 4 heteroatoms. The maximum absolute atomic E-state index is 9.00. The van der Waals surface area contributed by atoms with Crippen LogP contribution in [0.15, 0.2) is 22.7 Å². The van der Waals surface area contributed by atoms with E-state index in [4.69, 9.17) is 15.9 Å². The summed E-state index contributed by atoms with van der Waals surface area (Å²) >= 11 is 3.30. The summed E-state index contributed by atoms with van der Waals surface area (Å²) in [5.74, 6) is 0. The van der Waals surface area contributed by atoms with Crippen molar-refractivity contribution in [1.82, 2.24) is 0 Å². The van der Waals surface area contributed by atoms with E-state index in [0.29, 0.717) is 0 Å². The fourth-order valence-corrected chi connectivity index (χ4v) is 1.53. The lowest BCUT2D eigenvalue weighted by molar-refractivity contribution is 0.259. The molecule has 0 saturated carbocycles. The first kappa shape index (κ1) is 10.7. The summed E-state index contributed by atoms with van der Waals surface area (Å²) in [6.45, 7) is -0.181. The summed E-state index contributed by atoms with van der Waals surface area (Å²) in [6.07, 6.45) is 0. The van der Waals surface area contributed by atoms with Crippen molar-refractivity contribution in [2.45, 2.75) is 12.6 Å². The molecule has 0 aliphatic rings. The van der Waals surface area contributed by atoms with Gasteiger partial charge in [0.15, 0.2) is 0 Å². The van der Waals surface area contributed by atoms with Crippen LogP contribution in [0.5, 0.6) is 0 Å². The molecule has 4 N–H and O–H groups in total. The van der Waals surface area contributed by atoms with Crippen LogP contribution in [-0.4, -0.2) is 16.8 Å². The Bertz CT molecular complexity index is 291. The average Bonchev–Trinajstić information content (AvgIpc) is 2.16. The quantitative estimate of drug-likeness (QED) is 0.743. The van der Waals surface area contributed by atoms with Crippen LogP contribution in [0.3, 0.4) is 0 Å². The summed E-state index contributed by atoms with van der Waals surface area (Å²) < 4.78 is 0.892. The number of nitrogens with two attached hydrogens (primary N) is 1. The van der Waals surface area contributed by atoms with Gasteiger partial charge in [-0.15, -0.1) is 0 Å². The molecule has 3 nitrogen and oxygen atoms in total. The largest absolute Gasteiger partial charge is 0.394 e. The Morgan fingerprint density at radius 3 is 2.62 bits per heavy atom. The number of hydrogen-bond acceptors (Lipinski definition) is 3. The van der Waals surface area contributed by atoms with Crippen LogP contribution in [0, 0.1) is 0 Å². The van der Waals surface area contributed by atoms with Gasteiger partial charge in [0.25, 0.3) is 0 Å².